The second-order valence-corrected chi connectivity index (χ2v) is 11.9. The number of carbonyl (C=O) groups excluding carboxylic acids is 3. The third-order valence-electron chi connectivity index (χ3n) is 9.19. The van der Waals surface area contributed by atoms with Crippen LogP contribution in [-0.2, 0) is 22.7 Å². The van der Waals surface area contributed by atoms with E-state index >= 15 is 0 Å². The van der Waals surface area contributed by atoms with Crippen molar-refractivity contribution >= 4 is 23.4 Å². The van der Waals surface area contributed by atoms with Crippen molar-refractivity contribution in [3.05, 3.63) is 65.2 Å². The molecule has 2 aromatic rings. The Morgan fingerprint density at radius 1 is 0.838 bits per heavy atom. The largest absolute Gasteiger partial charge is 0.352 e. The van der Waals surface area contributed by atoms with Crippen LogP contribution in [0.15, 0.2) is 48.5 Å². The monoisotopic (exact) mass is 499 g/mol. The normalized spacial score (nSPS) is 28.3. The van der Waals surface area contributed by atoms with Crippen LogP contribution in [0.5, 0.6) is 0 Å². The van der Waals surface area contributed by atoms with E-state index in [1.54, 1.807) is 0 Å². The molecule has 194 valence electrons. The van der Waals surface area contributed by atoms with Crippen LogP contribution in [0.3, 0.4) is 0 Å². The Kier molecular flexibility index (Phi) is 6.51. The molecule has 6 nitrogen and oxygen atoms in total. The summed E-state index contributed by atoms with van der Waals surface area (Å²) in [4.78, 5) is 40.0. The molecule has 1 saturated heterocycles. The smallest absolute Gasteiger partial charge is 0.251 e. The molecule has 4 aliphatic carbocycles. The Morgan fingerprint density at radius 3 is 2.19 bits per heavy atom. The van der Waals surface area contributed by atoms with Crippen LogP contribution in [0.4, 0.5) is 5.69 Å². The molecule has 6 heteroatoms. The van der Waals surface area contributed by atoms with Gasteiger partial charge in [0.1, 0.15) is 0 Å². The molecule has 5 aliphatic rings. The van der Waals surface area contributed by atoms with E-state index in [0.717, 1.165) is 73.2 Å². The average Bonchev–Trinajstić information content (AvgIpc) is 2.90. The highest BCUT2D eigenvalue weighted by Gasteiger charge is 2.54. The number of nitrogens with one attached hydrogen (secondary N) is 2. The summed E-state index contributed by atoms with van der Waals surface area (Å²) >= 11 is 0. The fourth-order valence-corrected chi connectivity index (χ4v) is 7.73. The highest BCUT2D eigenvalue weighted by molar-refractivity contribution is 5.95. The molecular weight excluding hydrogens is 462 g/mol. The number of piperidine rings is 1. The SMILES string of the molecule is O=C(NCc1cccc(N2CCCCC2=O)c1)c1ccc(CNC(=O)C23CC4CC(CC(C4)C2)C3)cc1. The number of hydrogen-bond acceptors (Lipinski definition) is 3. The summed E-state index contributed by atoms with van der Waals surface area (Å²) in [5, 5.41) is 6.21. The Bertz CT molecular complexity index is 1150. The van der Waals surface area contributed by atoms with Crippen LogP contribution in [0.1, 0.15) is 79.3 Å². The summed E-state index contributed by atoms with van der Waals surface area (Å²) in [6.07, 6.45) is 9.79. The molecule has 0 radical (unpaired) electrons. The van der Waals surface area contributed by atoms with Crippen molar-refractivity contribution in [2.45, 2.75) is 70.9 Å². The van der Waals surface area contributed by atoms with Gasteiger partial charge in [-0.2, -0.15) is 0 Å². The first-order chi connectivity index (χ1) is 18.0. The van der Waals surface area contributed by atoms with E-state index in [0.29, 0.717) is 25.1 Å². The van der Waals surface area contributed by atoms with Gasteiger partial charge < -0.3 is 15.5 Å². The highest BCUT2D eigenvalue weighted by Crippen LogP contribution is 2.60. The lowest BCUT2D eigenvalue weighted by atomic mass is 9.49. The first-order valence-corrected chi connectivity index (χ1v) is 14.0. The van der Waals surface area contributed by atoms with Gasteiger partial charge in [-0.15, -0.1) is 0 Å². The average molecular weight is 500 g/mol. The third-order valence-corrected chi connectivity index (χ3v) is 9.19. The zero-order valence-corrected chi connectivity index (χ0v) is 21.5. The van der Waals surface area contributed by atoms with E-state index in [-0.39, 0.29) is 23.1 Å². The number of rotatable bonds is 7. The molecule has 4 saturated carbocycles. The van der Waals surface area contributed by atoms with E-state index in [1.165, 1.54) is 19.3 Å². The Morgan fingerprint density at radius 2 is 1.51 bits per heavy atom. The van der Waals surface area contributed by atoms with Crippen molar-refractivity contribution < 1.29 is 14.4 Å². The number of anilines is 1. The van der Waals surface area contributed by atoms with E-state index in [2.05, 4.69) is 10.6 Å². The fourth-order valence-electron chi connectivity index (χ4n) is 7.73. The lowest BCUT2D eigenvalue weighted by Gasteiger charge is -2.55. The summed E-state index contributed by atoms with van der Waals surface area (Å²) in [7, 11) is 0. The van der Waals surface area contributed by atoms with Gasteiger partial charge in [-0.05, 0) is 105 Å². The molecule has 0 unspecified atom stereocenters. The summed E-state index contributed by atoms with van der Waals surface area (Å²) in [5.74, 6) is 2.53. The van der Waals surface area contributed by atoms with Crippen molar-refractivity contribution in [2.75, 3.05) is 11.4 Å². The lowest BCUT2D eigenvalue weighted by Crippen LogP contribution is -2.53. The molecule has 7 rings (SSSR count). The maximum atomic E-state index is 13.2. The fraction of sp³-hybridized carbons (Fsp3) is 0.516. The molecule has 1 aliphatic heterocycles. The first-order valence-electron chi connectivity index (χ1n) is 14.0. The van der Waals surface area contributed by atoms with Gasteiger partial charge in [-0.25, -0.2) is 0 Å². The van der Waals surface area contributed by atoms with Crippen LogP contribution < -0.4 is 15.5 Å². The van der Waals surface area contributed by atoms with Gasteiger partial charge in [0, 0.05) is 42.7 Å². The van der Waals surface area contributed by atoms with Crippen molar-refractivity contribution in [1.82, 2.24) is 10.6 Å². The van der Waals surface area contributed by atoms with Gasteiger partial charge in [0.2, 0.25) is 11.8 Å². The number of hydrogen-bond donors (Lipinski definition) is 2. The van der Waals surface area contributed by atoms with Gasteiger partial charge in [0.15, 0.2) is 0 Å². The highest BCUT2D eigenvalue weighted by atomic mass is 16.2. The van der Waals surface area contributed by atoms with E-state index < -0.39 is 0 Å². The van der Waals surface area contributed by atoms with E-state index in [1.807, 2.05) is 53.4 Å². The summed E-state index contributed by atoms with van der Waals surface area (Å²) < 4.78 is 0. The zero-order valence-electron chi connectivity index (χ0n) is 21.5. The quantitative estimate of drug-likeness (QED) is 0.565. The second kappa shape index (κ2) is 9.96. The molecule has 2 N–H and O–H groups in total. The summed E-state index contributed by atoms with van der Waals surface area (Å²) in [6.45, 7) is 1.66. The molecule has 0 aromatic heterocycles. The van der Waals surface area contributed by atoms with Gasteiger partial charge >= 0.3 is 0 Å². The maximum absolute atomic E-state index is 13.2. The van der Waals surface area contributed by atoms with Crippen molar-refractivity contribution in [3.8, 4) is 0 Å². The van der Waals surface area contributed by atoms with Crippen molar-refractivity contribution in [2.24, 2.45) is 23.2 Å². The van der Waals surface area contributed by atoms with E-state index in [4.69, 9.17) is 0 Å². The maximum Gasteiger partial charge on any atom is 0.251 e. The molecular formula is C31H37N3O3. The second-order valence-electron chi connectivity index (χ2n) is 11.9. The van der Waals surface area contributed by atoms with Gasteiger partial charge in [0.25, 0.3) is 5.91 Å². The molecule has 37 heavy (non-hydrogen) atoms. The Hall–Kier alpha value is -3.15. The number of carbonyl (C=O) groups is 3. The first kappa shape index (κ1) is 24.2. The van der Waals surface area contributed by atoms with E-state index in [9.17, 15) is 14.4 Å². The zero-order chi connectivity index (χ0) is 25.4. The number of amides is 3. The molecule has 2 aromatic carbocycles. The molecule has 1 heterocycles. The molecule has 0 atom stereocenters. The van der Waals surface area contributed by atoms with Crippen LogP contribution in [-0.4, -0.2) is 24.3 Å². The predicted octanol–water partition coefficient (Wildman–Crippen LogP) is 4.97. The topological polar surface area (TPSA) is 78.5 Å². The number of benzene rings is 2. The molecule has 5 fully saturated rings. The van der Waals surface area contributed by atoms with Crippen LogP contribution in [0.25, 0.3) is 0 Å². The molecule has 3 amide bonds. The minimum Gasteiger partial charge on any atom is -0.352 e. The minimum absolute atomic E-state index is 0.132. The van der Waals surface area contributed by atoms with Crippen LogP contribution in [0.2, 0.25) is 0 Å². The Labute approximate surface area is 219 Å². The standard InChI is InChI=1S/C31H37N3O3/c35-28-6-1-2-11-34(28)27-5-3-4-22(15-27)20-32-29(36)26-9-7-21(8-10-26)19-33-30(37)31-16-23-12-24(17-31)14-25(13-23)18-31/h3-5,7-10,15,23-25H,1-2,6,11-14,16-20H2,(H,32,36)(H,33,37). The lowest BCUT2D eigenvalue weighted by molar-refractivity contribution is -0.146. The molecule has 4 bridgehead atoms. The van der Waals surface area contributed by atoms with Gasteiger partial charge in [-0.3, -0.25) is 14.4 Å². The summed E-state index contributed by atoms with van der Waals surface area (Å²) in [6, 6.07) is 15.3. The van der Waals surface area contributed by atoms with Crippen molar-refractivity contribution in [1.29, 1.82) is 0 Å². The molecule has 0 spiro atoms. The van der Waals surface area contributed by atoms with Crippen LogP contribution >= 0.6 is 0 Å². The van der Waals surface area contributed by atoms with Crippen molar-refractivity contribution in [3.63, 3.8) is 0 Å². The Balaban J connectivity index is 1.01. The van der Waals surface area contributed by atoms with Gasteiger partial charge in [0.05, 0.1) is 0 Å². The van der Waals surface area contributed by atoms with Crippen LogP contribution in [0, 0.1) is 23.2 Å². The predicted molar refractivity (Wildman–Crippen MR) is 143 cm³/mol. The number of nitrogens with zero attached hydrogens (tertiary/aromatic N) is 1. The minimum atomic E-state index is -0.136. The third kappa shape index (κ3) is 5.03. The summed E-state index contributed by atoms with van der Waals surface area (Å²) in [5.41, 5.74) is 3.34. The van der Waals surface area contributed by atoms with Gasteiger partial charge in [-0.1, -0.05) is 24.3 Å².